The van der Waals surface area contributed by atoms with Gasteiger partial charge in [0.1, 0.15) is 0 Å². The van der Waals surface area contributed by atoms with Crippen LogP contribution in [0.3, 0.4) is 0 Å². The molecule has 0 aliphatic carbocycles. The Morgan fingerprint density at radius 1 is 0.552 bits per heavy atom. The molecule has 0 amide bonds. The van der Waals surface area contributed by atoms with E-state index in [0.717, 1.165) is 0 Å². The van der Waals surface area contributed by atoms with Crippen molar-refractivity contribution in [3.8, 4) is 0 Å². The van der Waals surface area contributed by atoms with Crippen LogP contribution in [0.5, 0.6) is 0 Å². The minimum Gasteiger partial charge on any atom is -0.376 e. The van der Waals surface area contributed by atoms with Gasteiger partial charge in [0, 0.05) is 5.69 Å². The highest BCUT2D eigenvalue weighted by Gasteiger charge is 2.31. The van der Waals surface area contributed by atoms with Crippen molar-refractivity contribution in [3.05, 3.63) is 66.2 Å². The molecule has 2 aromatic rings. The SMILES string of the molecule is CCCCCCCCCC[C@](CCCCC)(Nc1ccccc1)c1ccccc1. The van der Waals surface area contributed by atoms with E-state index in [2.05, 4.69) is 79.8 Å². The maximum atomic E-state index is 3.99. The lowest BCUT2D eigenvalue weighted by Gasteiger charge is -2.37. The number of nitrogens with one attached hydrogen (secondary N) is 1. The van der Waals surface area contributed by atoms with E-state index < -0.39 is 0 Å². The second-order valence-corrected chi connectivity index (χ2v) is 8.62. The average molecular weight is 394 g/mol. The molecule has 0 fully saturated rings. The van der Waals surface area contributed by atoms with E-state index in [1.165, 1.54) is 94.7 Å². The van der Waals surface area contributed by atoms with E-state index >= 15 is 0 Å². The van der Waals surface area contributed by atoms with Crippen LogP contribution in [0.25, 0.3) is 0 Å². The van der Waals surface area contributed by atoms with E-state index in [9.17, 15) is 0 Å². The Morgan fingerprint density at radius 2 is 1.00 bits per heavy atom. The van der Waals surface area contributed by atoms with Gasteiger partial charge in [-0.15, -0.1) is 0 Å². The van der Waals surface area contributed by atoms with Gasteiger partial charge in [0.25, 0.3) is 0 Å². The van der Waals surface area contributed by atoms with E-state index in [4.69, 9.17) is 0 Å². The first-order valence-corrected chi connectivity index (χ1v) is 12.2. The molecule has 160 valence electrons. The molecule has 1 atom stereocenters. The predicted molar refractivity (Wildman–Crippen MR) is 130 cm³/mol. The average Bonchev–Trinajstić information content (AvgIpc) is 2.77. The molecule has 0 radical (unpaired) electrons. The number of rotatable bonds is 16. The van der Waals surface area contributed by atoms with Crippen molar-refractivity contribution in [1.29, 1.82) is 0 Å². The quantitative estimate of drug-likeness (QED) is 0.280. The first kappa shape index (κ1) is 23.5. The van der Waals surface area contributed by atoms with Crippen molar-refractivity contribution >= 4 is 5.69 Å². The van der Waals surface area contributed by atoms with Crippen LogP contribution < -0.4 is 5.32 Å². The van der Waals surface area contributed by atoms with Gasteiger partial charge in [0.2, 0.25) is 0 Å². The number of para-hydroxylation sites is 1. The smallest absolute Gasteiger partial charge is 0.0625 e. The van der Waals surface area contributed by atoms with E-state index in [-0.39, 0.29) is 5.54 Å². The Morgan fingerprint density at radius 3 is 1.59 bits per heavy atom. The zero-order chi connectivity index (χ0) is 20.6. The minimum absolute atomic E-state index is 0.0417. The molecular formula is C28H43N. The third-order valence-electron chi connectivity index (χ3n) is 6.15. The van der Waals surface area contributed by atoms with Crippen LogP contribution in [0.15, 0.2) is 60.7 Å². The molecule has 0 bridgehead atoms. The molecule has 0 spiro atoms. The summed E-state index contributed by atoms with van der Waals surface area (Å²) in [4.78, 5) is 0. The number of benzene rings is 2. The van der Waals surface area contributed by atoms with E-state index in [0.29, 0.717) is 0 Å². The molecule has 1 nitrogen and oxygen atoms in total. The van der Waals surface area contributed by atoms with Crippen LogP contribution in [0.2, 0.25) is 0 Å². The van der Waals surface area contributed by atoms with Crippen molar-refractivity contribution in [2.75, 3.05) is 5.32 Å². The summed E-state index contributed by atoms with van der Waals surface area (Å²) >= 11 is 0. The monoisotopic (exact) mass is 393 g/mol. The van der Waals surface area contributed by atoms with Gasteiger partial charge in [-0.2, -0.15) is 0 Å². The molecule has 1 heteroatoms. The maximum absolute atomic E-state index is 3.99. The Kier molecular flexibility index (Phi) is 11.6. The number of anilines is 1. The van der Waals surface area contributed by atoms with Gasteiger partial charge >= 0.3 is 0 Å². The van der Waals surface area contributed by atoms with Crippen LogP contribution in [-0.4, -0.2) is 0 Å². The highest BCUT2D eigenvalue weighted by molar-refractivity contribution is 5.48. The lowest BCUT2D eigenvalue weighted by atomic mass is 9.80. The minimum atomic E-state index is 0.0417. The molecule has 0 saturated carbocycles. The normalized spacial score (nSPS) is 13.2. The summed E-state index contributed by atoms with van der Waals surface area (Å²) in [5.74, 6) is 0. The molecule has 0 saturated heterocycles. The second-order valence-electron chi connectivity index (χ2n) is 8.62. The number of hydrogen-bond acceptors (Lipinski definition) is 1. The standard InChI is InChI=1S/C28H43N/c1-3-5-7-8-9-10-11-19-25-28(24-18-6-4-2,26-20-14-12-15-21-26)29-27-22-16-13-17-23-27/h12-17,20-23,29H,3-11,18-19,24-25H2,1-2H3/t28-/m0/s1. The molecule has 29 heavy (non-hydrogen) atoms. The molecule has 0 aliphatic rings. The van der Waals surface area contributed by atoms with E-state index in [1.54, 1.807) is 0 Å². The van der Waals surface area contributed by atoms with E-state index in [1.807, 2.05) is 0 Å². The summed E-state index contributed by atoms with van der Waals surface area (Å²) < 4.78 is 0. The summed E-state index contributed by atoms with van der Waals surface area (Å²) in [5.41, 5.74) is 2.73. The molecule has 0 unspecified atom stereocenters. The molecule has 0 aliphatic heterocycles. The van der Waals surface area contributed by atoms with Crippen LogP contribution in [0.4, 0.5) is 5.69 Å². The molecule has 2 aromatic carbocycles. The van der Waals surface area contributed by atoms with Gasteiger partial charge in [0.05, 0.1) is 5.54 Å². The maximum Gasteiger partial charge on any atom is 0.0625 e. The van der Waals surface area contributed by atoms with Gasteiger partial charge < -0.3 is 5.32 Å². The van der Waals surface area contributed by atoms with Crippen molar-refractivity contribution in [1.82, 2.24) is 0 Å². The Labute approximate surface area is 180 Å². The van der Waals surface area contributed by atoms with Crippen LogP contribution in [0, 0.1) is 0 Å². The van der Waals surface area contributed by atoms with Crippen LogP contribution in [0.1, 0.15) is 103 Å². The lowest BCUT2D eigenvalue weighted by molar-refractivity contribution is 0.376. The Balaban J connectivity index is 2.05. The summed E-state index contributed by atoms with van der Waals surface area (Å²) in [6.07, 6.45) is 17.3. The Hall–Kier alpha value is -1.76. The topological polar surface area (TPSA) is 12.0 Å². The van der Waals surface area contributed by atoms with Gasteiger partial charge in [-0.05, 0) is 30.5 Å². The summed E-state index contributed by atoms with van der Waals surface area (Å²) in [6, 6.07) is 22.0. The number of unbranched alkanes of at least 4 members (excludes halogenated alkanes) is 9. The molecule has 0 heterocycles. The number of hydrogen-bond donors (Lipinski definition) is 1. The molecular weight excluding hydrogens is 350 g/mol. The van der Waals surface area contributed by atoms with Crippen LogP contribution in [-0.2, 0) is 5.54 Å². The largest absolute Gasteiger partial charge is 0.376 e. The second kappa shape index (κ2) is 14.3. The third kappa shape index (κ3) is 8.64. The first-order valence-electron chi connectivity index (χ1n) is 12.2. The molecule has 1 N–H and O–H groups in total. The fourth-order valence-electron chi connectivity index (χ4n) is 4.40. The summed E-state index contributed by atoms with van der Waals surface area (Å²) in [7, 11) is 0. The zero-order valence-corrected chi connectivity index (χ0v) is 19.0. The first-order chi connectivity index (χ1) is 14.3. The Bertz CT molecular complexity index is 621. The highest BCUT2D eigenvalue weighted by atomic mass is 15.0. The third-order valence-corrected chi connectivity index (χ3v) is 6.15. The van der Waals surface area contributed by atoms with Crippen LogP contribution >= 0.6 is 0 Å². The van der Waals surface area contributed by atoms with Crippen molar-refractivity contribution in [2.45, 2.75) is 103 Å². The van der Waals surface area contributed by atoms with Crippen molar-refractivity contribution < 1.29 is 0 Å². The van der Waals surface area contributed by atoms with Gasteiger partial charge in [0.15, 0.2) is 0 Å². The van der Waals surface area contributed by atoms with Gasteiger partial charge in [-0.3, -0.25) is 0 Å². The zero-order valence-electron chi connectivity index (χ0n) is 19.0. The summed E-state index contributed by atoms with van der Waals surface area (Å²) in [5, 5.41) is 3.99. The lowest BCUT2D eigenvalue weighted by Crippen LogP contribution is -2.35. The fraction of sp³-hybridized carbons (Fsp3) is 0.571. The fourth-order valence-corrected chi connectivity index (χ4v) is 4.40. The van der Waals surface area contributed by atoms with Crippen molar-refractivity contribution in [3.63, 3.8) is 0 Å². The highest BCUT2D eigenvalue weighted by Crippen LogP contribution is 2.37. The van der Waals surface area contributed by atoms with Crippen molar-refractivity contribution in [2.24, 2.45) is 0 Å². The summed E-state index contributed by atoms with van der Waals surface area (Å²) in [6.45, 7) is 4.59. The molecule has 0 aromatic heterocycles. The van der Waals surface area contributed by atoms with Gasteiger partial charge in [-0.25, -0.2) is 0 Å². The molecule has 2 rings (SSSR count). The predicted octanol–water partition coefficient (Wildman–Crippen LogP) is 9.11. The van der Waals surface area contributed by atoms with Gasteiger partial charge in [-0.1, -0.05) is 133 Å².